The lowest BCUT2D eigenvalue weighted by atomic mass is 9.82. The number of aryl methyl sites for hydroxylation is 1. The normalized spacial score (nSPS) is 14.0. The molecule has 0 aromatic heterocycles. The third-order valence-corrected chi connectivity index (χ3v) is 5.53. The van der Waals surface area contributed by atoms with Crippen molar-refractivity contribution in [2.75, 3.05) is 0 Å². The fraction of sp³-hybridized carbons (Fsp3) is 0.462. The van der Waals surface area contributed by atoms with E-state index in [0.29, 0.717) is 18.8 Å². The van der Waals surface area contributed by atoms with Gasteiger partial charge in [0.1, 0.15) is 12.1 Å². The highest BCUT2D eigenvalue weighted by Gasteiger charge is 2.26. The number of benzene rings is 2. The Bertz CT molecular complexity index is 777. The van der Waals surface area contributed by atoms with Crippen molar-refractivity contribution >= 4 is 12.1 Å². The maximum absolute atomic E-state index is 13.0. The van der Waals surface area contributed by atoms with Gasteiger partial charge in [-0.25, -0.2) is 0 Å². The number of hydrogen-bond acceptors (Lipinski definition) is 2. The topological polar surface area (TPSA) is 34.1 Å². The second-order valence-electron chi connectivity index (χ2n) is 9.21. The third kappa shape index (κ3) is 5.64. The van der Waals surface area contributed by atoms with Crippen LogP contribution in [-0.4, -0.2) is 12.1 Å². The summed E-state index contributed by atoms with van der Waals surface area (Å²) in [5, 5.41) is 0. The van der Waals surface area contributed by atoms with Crippen LogP contribution in [0.1, 0.15) is 82.1 Å². The molecule has 2 heteroatoms. The van der Waals surface area contributed by atoms with Gasteiger partial charge in [0, 0.05) is 12.3 Å². The Hall–Kier alpha value is -2.22. The van der Waals surface area contributed by atoms with Gasteiger partial charge in [-0.2, -0.15) is 0 Å². The first kappa shape index (κ1) is 22.1. The number of carbonyl (C=O) groups excluding carboxylic acids is 2. The van der Waals surface area contributed by atoms with Crippen LogP contribution in [0.3, 0.4) is 0 Å². The van der Waals surface area contributed by atoms with Gasteiger partial charge in [-0.15, -0.1) is 0 Å². The summed E-state index contributed by atoms with van der Waals surface area (Å²) in [4.78, 5) is 24.5. The Labute approximate surface area is 170 Å². The van der Waals surface area contributed by atoms with E-state index in [-0.39, 0.29) is 23.0 Å². The van der Waals surface area contributed by atoms with Gasteiger partial charge in [-0.05, 0) is 40.0 Å². The second kappa shape index (κ2) is 9.32. The van der Waals surface area contributed by atoms with Gasteiger partial charge in [-0.1, -0.05) is 90.1 Å². The standard InChI is InChI=1S/C26H34O2/c1-18(2)21-10-12-22(13-11-21)25(19(3)17-27)24(28)16-9-20-7-14-23(15-8-20)26(4,5)6/h7-8,10-15,17-19,25H,9,16H2,1-6H3. The van der Waals surface area contributed by atoms with Gasteiger partial charge in [-0.3, -0.25) is 4.79 Å². The number of ketones is 1. The van der Waals surface area contributed by atoms with Crippen molar-refractivity contribution in [2.45, 2.75) is 71.6 Å². The average molecular weight is 379 g/mol. The molecule has 0 saturated carbocycles. The molecule has 0 aliphatic carbocycles. The molecule has 28 heavy (non-hydrogen) atoms. The summed E-state index contributed by atoms with van der Waals surface area (Å²) in [6.07, 6.45) is 2.05. The van der Waals surface area contributed by atoms with E-state index in [9.17, 15) is 9.59 Å². The zero-order valence-corrected chi connectivity index (χ0v) is 18.2. The molecule has 0 fully saturated rings. The molecule has 0 aliphatic heterocycles. The molecule has 0 N–H and O–H groups in total. The van der Waals surface area contributed by atoms with Crippen molar-refractivity contribution in [3.63, 3.8) is 0 Å². The summed E-state index contributed by atoms with van der Waals surface area (Å²) in [7, 11) is 0. The lowest BCUT2D eigenvalue weighted by Crippen LogP contribution is -2.21. The Balaban J connectivity index is 2.12. The van der Waals surface area contributed by atoms with Crippen LogP contribution in [0.25, 0.3) is 0 Å². The minimum absolute atomic E-state index is 0.126. The maximum Gasteiger partial charge on any atom is 0.141 e. The van der Waals surface area contributed by atoms with E-state index in [2.05, 4.69) is 71.0 Å². The Kier molecular flexibility index (Phi) is 7.35. The second-order valence-corrected chi connectivity index (χ2v) is 9.21. The van der Waals surface area contributed by atoms with Crippen molar-refractivity contribution in [3.8, 4) is 0 Å². The molecule has 150 valence electrons. The van der Waals surface area contributed by atoms with E-state index in [1.165, 1.54) is 11.1 Å². The van der Waals surface area contributed by atoms with Crippen molar-refractivity contribution in [2.24, 2.45) is 5.92 Å². The zero-order valence-electron chi connectivity index (χ0n) is 18.2. The summed E-state index contributed by atoms with van der Waals surface area (Å²) < 4.78 is 0. The van der Waals surface area contributed by atoms with E-state index in [4.69, 9.17) is 0 Å². The number of hydrogen-bond donors (Lipinski definition) is 0. The van der Waals surface area contributed by atoms with E-state index >= 15 is 0 Å². The molecule has 0 amide bonds. The maximum atomic E-state index is 13.0. The molecule has 0 heterocycles. The molecular formula is C26H34O2. The molecule has 2 aromatic carbocycles. The molecule has 2 atom stereocenters. The summed E-state index contributed by atoms with van der Waals surface area (Å²) in [6, 6.07) is 16.7. The highest BCUT2D eigenvalue weighted by Crippen LogP contribution is 2.28. The SMILES string of the molecule is CC(C)c1ccc(C(C(=O)CCc2ccc(C(C)(C)C)cc2)C(C)C=O)cc1. The van der Waals surface area contributed by atoms with Gasteiger partial charge in [0.15, 0.2) is 0 Å². The largest absolute Gasteiger partial charge is 0.303 e. The first-order valence-corrected chi connectivity index (χ1v) is 10.3. The number of aldehydes is 1. The zero-order chi connectivity index (χ0) is 20.9. The van der Waals surface area contributed by atoms with Gasteiger partial charge in [0.25, 0.3) is 0 Å². The molecule has 2 unspecified atom stereocenters. The lowest BCUT2D eigenvalue weighted by molar-refractivity contribution is -0.124. The number of rotatable bonds is 8. The quantitative estimate of drug-likeness (QED) is 0.510. The summed E-state index contributed by atoms with van der Waals surface area (Å²) in [6.45, 7) is 12.7. The Morgan fingerprint density at radius 2 is 1.43 bits per heavy atom. The molecular weight excluding hydrogens is 344 g/mol. The minimum Gasteiger partial charge on any atom is -0.303 e. The predicted molar refractivity (Wildman–Crippen MR) is 117 cm³/mol. The highest BCUT2D eigenvalue weighted by molar-refractivity contribution is 5.88. The molecule has 0 saturated heterocycles. The van der Waals surface area contributed by atoms with Crippen LogP contribution in [0.2, 0.25) is 0 Å². The Morgan fingerprint density at radius 3 is 1.89 bits per heavy atom. The van der Waals surface area contributed by atoms with Crippen LogP contribution in [-0.2, 0) is 21.4 Å². The van der Waals surface area contributed by atoms with Gasteiger partial charge in [0.2, 0.25) is 0 Å². The Morgan fingerprint density at radius 1 is 0.893 bits per heavy atom. The fourth-order valence-electron chi connectivity index (χ4n) is 3.54. The van der Waals surface area contributed by atoms with E-state index in [0.717, 1.165) is 17.4 Å². The van der Waals surface area contributed by atoms with Gasteiger partial charge >= 0.3 is 0 Å². The monoisotopic (exact) mass is 378 g/mol. The summed E-state index contributed by atoms with van der Waals surface area (Å²) >= 11 is 0. The van der Waals surface area contributed by atoms with Crippen LogP contribution < -0.4 is 0 Å². The molecule has 2 rings (SSSR count). The third-order valence-electron chi connectivity index (χ3n) is 5.53. The van der Waals surface area contributed by atoms with Crippen LogP contribution >= 0.6 is 0 Å². The van der Waals surface area contributed by atoms with Crippen LogP contribution in [0.5, 0.6) is 0 Å². The van der Waals surface area contributed by atoms with Crippen LogP contribution in [0, 0.1) is 5.92 Å². The summed E-state index contributed by atoms with van der Waals surface area (Å²) in [5.41, 5.74) is 4.76. The predicted octanol–water partition coefficient (Wildman–Crippen LogP) is 6.23. The molecule has 0 spiro atoms. The van der Waals surface area contributed by atoms with Gasteiger partial charge < -0.3 is 4.79 Å². The molecule has 0 aliphatic rings. The fourth-order valence-corrected chi connectivity index (χ4v) is 3.54. The molecule has 2 nitrogen and oxygen atoms in total. The van der Waals surface area contributed by atoms with Crippen molar-refractivity contribution < 1.29 is 9.59 Å². The van der Waals surface area contributed by atoms with E-state index < -0.39 is 0 Å². The number of carbonyl (C=O) groups is 2. The summed E-state index contributed by atoms with van der Waals surface area (Å²) in [5.74, 6) is -0.104. The van der Waals surface area contributed by atoms with Crippen LogP contribution in [0.15, 0.2) is 48.5 Å². The van der Waals surface area contributed by atoms with Crippen molar-refractivity contribution in [1.82, 2.24) is 0 Å². The van der Waals surface area contributed by atoms with E-state index in [1.807, 2.05) is 19.1 Å². The molecule has 0 bridgehead atoms. The van der Waals surface area contributed by atoms with Crippen molar-refractivity contribution in [1.29, 1.82) is 0 Å². The lowest BCUT2D eigenvalue weighted by Gasteiger charge is -2.21. The average Bonchev–Trinajstić information content (AvgIpc) is 2.66. The van der Waals surface area contributed by atoms with Crippen LogP contribution in [0.4, 0.5) is 0 Å². The molecule has 2 aromatic rings. The molecule has 0 radical (unpaired) electrons. The first-order chi connectivity index (χ1) is 13.1. The first-order valence-electron chi connectivity index (χ1n) is 10.3. The van der Waals surface area contributed by atoms with Crippen molar-refractivity contribution in [3.05, 3.63) is 70.8 Å². The van der Waals surface area contributed by atoms with Gasteiger partial charge in [0.05, 0.1) is 5.92 Å². The number of Topliss-reactive ketones (excluding diaryl/α,β-unsaturated/α-hetero) is 1. The van der Waals surface area contributed by atoms with E-state index in [1.54, 1.807) is 0 Å². The highest BCUT2D eigenvalue weighted by atomic mass is 16.1. The minimum atomic E-state index is -0.368. The smallest absolute Gasteiger partial charge is 0.141 e.